The molecule has 0 radical (unpaired) electrons. The quantitative estimate of drug-likeness (QED) is 0.764. The number of carboxylic acids is 1. The van der Waals surface area contributed by atoms with Crippen molar-refractivity contribution >= 4 is 17.9 Å². The van der Waals surface area contributed by atoms with Crippen molar-refractivity contribution in [2.24, 2.45) is 0 Å². The van der Waals surface area contributed by atoms with Crippen LogP contribution < -0.4 is 5.32 Å². The van der Waals surface area contributed by atoms with Crippen molar-refractivity contribution < 1.29 is 19.5 Å². The van der Waals surface area contributed by atoms with Gasteiger partial charge < -0.3 is 20.2 Å². The van der Waals surface area contributed by atoms with Gasteiger partial charge >= 0.3 is 12.0 Å². The van der Waals surface area contributed by atoms with Crippen LogP contribution in [0.3, 0.4) is 0 Å². The second-order valence-corrected chi connectivity index (χ2v) is 7.60. The Balaban J connectivity index is 1.66. The van der Waals surface area contributed by atoms with E-state index in [0.29, 0.717) is 44.9 Å². The first-order chi connectivity index (χ1) is 11.9. The molecule has 2 heterocycles. The molecule has 3 fully saturated rings. The second-order valence-electron chi connectivity index (χ2n) is 7.60. The van der Waals surface area contributed by atoms with Crippen LogP contribution in [0.15, 0.2) is 0 Å². The summed E-state index contributed by atoms with van der Waals surface area (Å²) in [6.45, 7) is 2.23. The average molecular weight is 352 g/mol. The van der Waals surface area contributed by atoms with Crippen molar-refractivity contribution in [3.05, 3.63) is 0 Å². The van der Waals surface area contributed by atoms with Crippen LogP contribution in [0.4, 0.5) is 4.79 Å². The summed E-state index contributed by atoms with van der Waals surface area (Å²) in [7, 11) is 2.04. The zero-order valence-electron chi connectivity index (χ0n) is 14.9. The van der Waals surface area contributed by atoms with E-state index in [4.69, 9.17) is 5.11 Å². The van der Waals surface area contributed by atoms with Crippen molar-refractivity contribution in [1.29, 1.82) is 0 Å². The summed E-state index contributed by atoms with van der Waals surface area (Å²) in [5.41, 5.74) is -0.252. The van der Waals surface area contributed by atoms with E-state index in [-0.39, 0.29) is 24.0 Å². The molecule has 1 spiro atoms. The lowest BCUT2D eigenvalue weighted by Gasteiger charge is -2.49. The Morgan fingerprint density at radius 3 is 2.64 bits per heavy atom. The molecule has 3 amide bonds. The highest BCUT2D eigenvalue weighted by Gasteiger charge is 2.43. The number of rotatable bonds is 3. The number of likely N-dealkylation sites (tertiary alicyclic amines) is 1. The number of hydrogen-bond acceptors (Lipinski definition) is 4. The molecular weight excluding hydrogens is 324 g/mol. The van der Waals surface area contributed by atoms with E-state index in [9.17, 15) is 14.4 Å². The summed E-state index contributed by atoms with van der Waals surface area (Å²) >= 11 is 0. The molecule has 0 bridgehead atoms. The van der Waals surface area contributed by atoms with Crippen molar-refractivity contribution in [3.63, 3.8) is 0 Å². The summed E-state index contributed by atoms with van der Waals surface area (Å²) in [5, 5.41) is 12.1. The van der Waals surface area contributed by atoms with Crippen molar-refractivity contribution in [2.75, 3.05) is 39.8 Å². The fourth-order valence-electron chi connectivity index (χ4n) is 4.02. The number of amides is 3. The molecule has 0 aromatic carbocycles. The smallest absolute Gasteiger partial charge is 0.323 e. The van der Waals surface area contributed by atoms with Gasteiger partial charge in [-0.15, -0.1) is 0 Å². The third-order valence-corrected chi connectivity index (χ3v) is 6.05. The van der Waals surface area contributed by atoms with Gasteiger partial charge in [-0.1, -0.05) is 0 Å². The minimum Gasteiger partial charge on any atom is -0.480 e. The summed E-state index contributed by atoms with van der Waals surface area (Å²) in [6.07, 6.45) is 4.97. The molecule has 25 heavy (non-hydrogen) atoms. The topological polar surface area (TPSA) is 93.2 Å². The van der Waals surface area contributed by atoms with E-state index in [0.717, 1.165) is 19.4 Å². The molecule has 1 unspecified atom stereocenters. The number of nitrogens with one attached hydrogen (secondary N) is 1. The fraction of sp³-hybridized carbons (Fsp3) is 0.824. The molecule has 2 N–H and O–H groups in total. The van der Waals surface area contributed by atoms with Crippen molar-refractivity contribution in [3.8, 4) is 0 Å². The van der Waals surface area contributed by atoms with Gasteiger partial charge in [-0.25, -0.2) is 4.79 Å². The maximum Gasteiger partial charge on any atom is 0.323 e. The molecule has 8 heteroatoms. The molecular formula is C17H28N4O4. The maximum absolute atomic E-state index is 12.5. The Morgan fingerprint density at radius 2 is 2.00 bits per heavy atom. The zero-order valence-corrected chi connectivity index (χ0v) is 14.9. The highest BCUT2D eigenvalue weighted by atomic mass is 16.4. The molecule has 1 aliphatic carbocycles. The Morgan fingerprint density at radius 1 is 1.24 bits per heavy atom. The molecule has 0 aromatic rings. The molecule has 140 valence electrons. The standard InChI is InChI=1S/C17H28N4O4/c1-19-9-10-21(16(25)18-13-3-2-4-13)12-17(19)6-5-14(22)20(8-7-17)11-15(23)24/h13H,2-12H2,1H3,(H,18,25)(H,23,24). The number of aliphatic carboxylic acids is 1. The van der Waals surface area contributed by atoms with Gasteiger partial charge in [-0.2, -0.15) is 0 Å². The Labute approximate surface area is 148 Å². The number of urea groups is 1. The second kappa shape index (κ2) is 7.19. The van der Waals surface area contributed by atoms with E-state index in [2.05, 4.69) is 10.2 Å². The highest BCUT2D eigenvalue weighted by Crippen LogP contribution is 2.32. The van der Waals surface area contributed by atoms with Crippen LogP contribution in [0.5, 0.6) is 0 Å². The lowest BCUT2D eigenvalue weighted by atomic mass is 9.86. The lowest BCUT2D eigenvalue weighted by Crippen LogP contribution is -2.64. The number of carbonyl (C=O) groups is 3. The predicted molar refractivity (Wildman–Crippen MR) is 91.2 cm³/mol. The molecule has 1 atom stereocenters. The molecule has 2 saturated heterocycles. The van der Waals surface area contributed by atoms with E-state index in [1.165, 1.54) is 11.3 Å². The van der Waals surface area contributed by atoms with Gasteiger partial charge in [0.15, 0.2) is 0 Å². The first kappa shape index (κ1) is 18.0. The summed E-state index contributed by atoms with van der Waals surface area (Å²) < 4.78 is 0. The minimum atomic E-state index is -0.984. The molecule has 3 rings (SSSR count). The highest BCUT2D eigenvalue weighted by molar-refractivity contribution is 5.81. The number of likely N-dealkylation sites (N-methyl/N-ethyl adjacent to an activating group) is 1. The van der Waals surface area contributed by atoms with Crippen LogP contribution in [0.1, 0.15) is 38.5 Å². The van der Waals surface area contributed by atoms with Gasteiger partial charge in [0.1, 0.15) is 6.54 Å². The maximum atomic E-state index is 12.5. The summed E-state index contributed by atoms with van der Waals surface area (Å²) in [6, 6.07) is 0.306. The normalized spacial score (nSPS) is 28.6. The van der Waals surface area contributed by atoms with Gasteiger partial charge in [-0.05, 0) is 39.2 Å². The largest absolute Gasteiger partial charge is 0.480 e. The Hall–Kier alpha value is -1.83. The number of carboxylic acid groups (broad SMARTS) is 1. The fourth-order valence-corrected chi connectivity index (χ4v) is 4.02. The van der Waals surface area contributed by atoms with E-state index in [1.807, 2.05) is 11.9 Å². The molecule has 8 nitrogen and oxygen atoms in total. The van der Waals surface area contributed by atoms with E-state index >= 15 is 0 Å². The van der Waals surface area contributed by atoms with E-state index < -0.39 is 5.97 Å². The molecule has 2 aliphatic heterocycles. The first-order valence-corrected chi connectivity index (χ1v) is 9.16. The monoisotopic (exact) mass is 352 g/mol. The average Bonchev–Trinajstić information content (AvgIpc) is 2.67. The van der Waals surface area contributed by atoms with Gasteiger partial charge in [-0.3, -0.25) is 14.5 Å². The van der Waals surface area contributed by atoms with Crippen LogP contribution in [0.2, 0.25) is 0 Å². The Bertz CT molecular complexity index is 551. The van der Waals surface area contributed by atoms with Crippen LogP contribution in [0, 0.1) is 0 Å². The number of nitrogens with zero attached hydrogens (tertiary/aromatic N) is 3. The minimum absolute atomic E-state index is 0.00450. The molecule has 0 aromatic heterocycles. The lowest BCUT2D eigenvalue weighted by molar-refractivity contribution is -0.144. The first-order valence-electron chi connectivity index (χ1n) is 9.16. The van der Waals surface area contributed by atoms with Crippen LogP contribution >= 0.6 is 0 Å². The van der Waals surface area contributed by atoms with Gasteiger partial charge in [0, 0.05) is 44.2 Å². The third kappa shape index (κ3) is 3.89. The molecule has 3 aliphatic rings. The number of hydrogen-bond donors (Lipinski definition) is 2. The number of carbonyl (C=O) groups excluding carboxylic acids is 2. The van der Waals surface area contributed by atoms with Crippen LogP contribution in [-0.4, -0.2) is 89.1 Å². The SMILES string of the molecule is CN1CCN(C(=O)NC2CCC2)CC12CCC(=O)N(CC(=O)O)CC2. The summed E-state index contributed by atoms with van der Waals surface area (Å²) in [5.74, 6) is -1.09. The van der Waals surface area contributed by atoms with Gasteiger partial charge in [0.25, 0.3) is 0 Å². The predicted octanol–water partition coefficient (Wildman–Crippen LogP) is 0.332. The number of piperazine rings is 1. The van der Waals surface area contributed by atoms with Gasteiger partial charge in [0.05, 0.1) is 0 Å². The zero-order chi connectivity index (χ0) is 18.0. The van der Waals surface area contributed by atoms with E-state index in [1.54, 1.807) is 0 Å². The van der Waals surface area contributed by atoms with Gasteiger partial charge in [0.2, 0.25) is 5.91 Å². The molecule has 1 saturated carbocycles. The van der Waals surface area contributed by atoms with Crippen molar-refractivity contribution in [1.82, 2.24) is 20.0 Å². The Kier molecular flexibility index (Phi) is 5.17. The van der Waals surface area contributed by atoms with Crippen LogP contribution in [-0.2, 0) is 9.59 Å². The summed E-state index contributed by atoms with van der Waals surface area (Å²) in [4.78, 5) is 41.3. The van der Waals surface area contributed by atoms with Crippen molar-refractivity contribution in [2.45, 2.75) is 50.1 Å². The third-order valence-electron chi connectivity index (χ3n) is 6.05. The van der Waals surface area contributed by atoms with Crippen LogP contribution in [0.25, 0.3) is 0 Å².